The van der Waals surface area contributed by atoms with Crippen LogP contribution in [-0.4, -0.2) is 62.2 Å². The fraction of sp³-hybridized carbons (Fsp3) is 0.318. The minimum Gasteiger partial charge on any atom is -0.397 e. The summed E-state index contributed by atoms with van der Waals surface area (Å²) in [6, 6.07) is 5.39. The second kappa shape index (κ2) is 7.04. The number of hydrogen-bond donors (Lipinski definition) is 5. The molecule has 1 aromatic carbocycles. The quantitative estimate of drug-likeness (QED) is 0.395. The molecule has 32 heavy (non-hydrogen) atoms. The van der Waals surface area contributed by atoms with Crippen LogP contribution in [0.15, 0.2) is 30.1 Å². The number of carbonyl (C=O) groups excluding carboxylic acids is 2. The van der Waals surface area contributed by atoms with Crippen molar-refractivity contribution in [3.05, 3.63) is 52.7 Å². The van der Waals surface area contributed by atoms with Crippen LogP contribution in [0.4, 0.5) is 0 Å². The summed E-state index contributed by atoms with van der Waals surface area (Å²) in [6.07, 6.45) is 3.27. The van der Waals surface area contributed by atoms with Crippen LogP contribution in [0.2, 0.25) is 0 Å². The number of nitrogens with two attached hydrogens (primary N) is 1. The summed E-state index contributed by atoms with van der Waals surface area (Å²) in [5.74, 6) is -0.216. The summed E-state index contributed by atoms with van der Waals surface area (Å²) in [5.41, 5.74) is 10.5. The number of amides is 2. The lowest BCUT2D eigenvalue weighted by Gasteiger charge is -2.21. The van der Waals surface area contributed by atoms with Gasteiger partial charge in [0.1, 0.15) is 6.33 Å². The molecule has 1 aliphatic carbocycles. The number of nitrogens with zero attached hydrogens (tertiary/aromatic N) is 3. The van der Waals surface area contributed by atoms with Crippen LogP contribution in [0.25, 0.3) is 16.6 Å². The van der Waals surface area contributed by atoms with Gasteiger partial charge >= 0.3 is 0 Å². The molecule has 1 atom stereocenters. The Hall–Kier alpha value is -3.95. The van der Waals surface area contributed by atoms with Crippen LogP contribution in [0, 0.1) is 5.41 Å². The van der Waals surface area contributed by atoms with E-state index in [-0.39, 0.29) is 23.7 Å². The van der Waals surface area contributed by atoms with E-state index in [9.17, 15) is 9.59 Å². The average molecular weight is 432 g/mol. The van der Waals surface area contributed by atoms with E-state index in [1.165, 1.54) is 12.5 Å². The molecule has 1 unspecified atom stereocenters. The lowest BCUT2D eigenvalue weighted by molar-refractivity contribution is 0.0772. The molecule has 2 amide bonds. The molecular formula is C22H24N8O2. The SMILES string of the molecule is CC1(C)C(C=N)=C(N)c2[nH]c3ccc(C(=O)NC4CCN(C(=O)c5ncn[nH]5)C4)cc3c21. The Bertz CT molecular complexity index is 1280. The number of carbonyl (C=O) groups is 2. The van der Waals surface area contributed by atoms with E-state index in [4.69, 9.17) is 11.1 Å². The molecule has 2 aliphatic rings. The van der Waals surface area contributed by atoms with Crippen molar-refractivity contribution in [1.82, 2.24) is 30.4 Å². The van der Waals surface area contributed by atoms with Crippen molar-refractivity contribution in [3.8, 4) is 0 Å². The third-order valence-corrected chi connectivity index (χ3v) is 6.49. The van der Waals surface area contributed by atoms with Crippen LogP contribution < -0.4 is 11.1 Å². The van der Waals surface area contributed by atoms with Crippen molar-refractivity contribution in [2.24, 2.45) is 5.73 Å². The number of likely N-dealkylation sites (tertiary alicyclic amines) is 1. The fourth-order valence-corrected chi connectivity index (χ4v) is 4.84. The average Bonchev–Trinajstić information content (AvgIpc) is 3.53. The summed E-state index contributed by atoms with van der Waals surface area (Å²) >= 11 is 0. The van der Waals surface area contributed by atoms with Crippen LogP contribution in [0.3, 0.4) is 0 Å². The van der Waals surface area contributed by atoms with E-state index in [2.05, 4.69) is 25.5 Å². The van der Waals surface area contributed by atoms with Gasteiger partial charge in [-0.05, 0) is 30.2 Å². The van der Waals surface area contributed by atoms with Crippen LogP contribution >= 0.6 is 0 Å². The highest BCUT2D eigenvalue weighted by molar-refractivity contribution is 6.05. The van der Waals surface area contributed by atoms with Crippen molar-refractivity contribution < 1.29 is 9.59 Å². The Balaban J connectivity index is 1.36. The number of H-pyrrole nitrogens is 2. The zero-order chi connectivity index (χ0) is 22.6. The van der Waals surface area contributed by atoms with Crippen molar-refractivity contribution in [2.75, 3.05) is 13.1 Å². The molecule has 0 spiro atoms. The van der Waals surface area contributed by atoms with Gasteiger partial charge in [0, 0.05) is 52.8 Å². The molecule has 6 N–H and O–H groups in total. The van der Waals surface area contributed by atoms with E-state index in [0.717, 1.165) is 27.7 Å². The lowest BCUT2D eigenvalue weighted by atomic mass is 9.81. The highest BCUT2D eigenvalue weighted by Crippen LogP contribution is 2.46. The minimum atomic E-state index is -0.429. The highest BCUT2D eigenvalue weighted by Gasteiger charge is 2.39. The molecule has 10 nitrogen and oxygen atoms in total. The zero-order valence-electron chi connectivity index (χ0n) is 17.8. The molecule has 1 aliphatic heterocycles. The third-order valence-electron chi connectivity index (χ3n) is 6.49. The summed E-state index contributed by atoms with van der Waals surface area (Å²) in [4.78, 5) is 34.3. The number of nitrogens with one attached hydrogen (secondary N) is 4. The highest BCUT2D eigenvalue weighted by atomic mass is 16.2. The van der Waals surface area contributed by atoms with Gasteiger partial charge in [-0.2, -0.15) is 5.10 Å². The molecule has 164 valence electrons. The molecule has 1 fully saturated rings. The number of aromatic amines is 2. The Kier molecular flexibility index (Phi) is 4.40. The van der Waals surface area contributed by atoms with Gasteiger partial charge < -0.3 is 26.3 Å². The van der Waals surface area contributed by atoms with Gasteiger partial charge in [0.25, 0.3) is 11.8 Å². The van der Waals surface area contributed by atoms with E-state index < -0.39 is 5.41 Å². The van der Waals surface area contributed by atoms with Crippen molar-refractivity contribution in [2.45, 2.75) is 31.7 Å². The van der Waals surface area contributed by atoms with Gasteiger partial charge in [-0.1, -0.05) is 13.8 Å². The summed E-state index contributed by atoms with van der Waals surface area (Å²) in [6.45, 7) is 5.03. The number of rotatable bonds is 4. The van der Waals surface area contributed by atoms with Crippen molar-refractivity contribution in [3.63, 3.8) is 0 Å². The van der Waals surface area contributed by atoms with Crippen molar-refractivity contribution in [1.29, 1.82) is 5.41 Å². The fourth-order valence-electron chi connectivity index (χ4n) is 4.84. The molecule has 0 saturated carbocycles. The maximum absolute atomic E-state index is 13.0. The third kappa shape index (κ3) is 2.90. The van der Waals surface area contributed by atoms with Gasteiger partial charge in [0.2, 0.25) is 5.82 Å². The number of benzene rings is 1. The topological polar surface area (TPSA) is 157 Å². The Morgan fingerprint density at radius 3 is 2.91 bits per heavy atom. The molecular weight excluding hydrogens is 408 g/mol. The summed E-state index contributed by atoms with van der Waals surface area (Å²) in [7, 11) is 0. The molecule has 3 aromatic rings. The molecule has 3 heterocycles. The number of allylic oxidation sites excluding steroid dienone is 1. The first-order chi connectivity index (χ1) is 15.3. The Morgan fingerprint density at radius 1 is 1.38 bits per heavy atom. The summed E-state index contributed by atoms with van der Waals surface area (Å²) < 4.78 is 0. The summed E-state index contributed by atoms with van der Waals surface area (Å²) in [5, 5.41) is 18.0. The maximum atomic E-state index is 13.0. The smallest absolute Gasteiger partial charge is 0.291 e. The van der Waals surface area contributed by atoms with Crippen molar-refractivity contribution >= 4 is 34.6 Å². The normalized spacial score (nSPS) is 19.4. The van der Waals surface area contributed by atoms with Crippen LogP contribution in [-0.2, 0) is 5.41 Å². The molecule has 2 aromatic heterocycles. The molecule has 5 rings (SSSR count). The second-order valence-corrected chi connectivity index (χ2v) is 8.78. The van der Waals surface area contributed by atoms with E-state index in [1.54, 1.807) is 11.0 Å². The Labute approximate surface area is 183 Å². The van der Waals surface area contributed by atoms with Gasteiger partial charge in [-0.25, -0.2) is 4.98 Å². The van der Waals surface area contributed by atoms with Gasteiger partial charge in [0.15, 0.2) is 0 Å². The molecule has 10 heteroatoms. The first kappa shape index (κ1) is 20.0. The van der Waals surface area contributed by atoms with Crippen LogP contribution in [0.5, 0.6) is 0 Å². The first-order valence-corrected chi connectivity index (χ1v) is 10.4. The number of aromatic nitrogens is 4. The van der Waals surface area contributed by atoms with Gasteiger partial charge in [-0.3, -0.25) is 14.7 Å². The van der Waals surface area contributed by atoms with Gasteiger partial charge in [0.05, 0.1) is 11.4 Å². The van der Waals surface area contributed by atoms with E-state index in [1.807, 2.05) is 26.0 Å². The standard InChI is InChI=1S/C22H24N8O2/c1-22(2)14(8-23)17(24)18-16(22)13-7-11(3-4-15(13)28-18)20(31)27-12-5-6-30(9-12)21(32)19-25-10-26-29-19/h3-4,7-8,10,12,23,28H,5-6,9,24H2,1-2H3,(H,27,31)(H,25,26,29). The van der Waals surface area contributed by atoms with Gasteiger partial charge in [-0.15, -0.1) is 0 Å². The largest absolute Gasteiger partial charge is 0.397 e. The zero-order valence-corrected chi connectivity index (χ0v) is 17.8. The molecule has 0 bridgehead atoms. The number of hydrogen-bond acceptors (Lipinski definition) is 6. The molecule has 1 saturated heterocycles. The van der Waals surface area contributed by atoms with Crippen LogP contribution in [0.1, 0.15) is 52.5 Å². The molecule has 0 radical (unpaired) electrons. The lowest BCUT2D eigenvalue weighted by Crippen LogP contribution is -2.38. The van der Waals surface area contributed by atoms with E-state index in [0.29, 0.717) is 30.8 Å². The first-order valence-electron chi connectivity index (χ1n) is 10.4. The minimum absolute atomic E-state index is 0.139. The predicted octanol–water partition coefficient (Wildman–Crippen LogP) is 1.54. The number of fused-ring (bicyclic) bond motifs is 3. The Morgan fingerprint density at radius 2 is 2.19 bits per heavy atom. The monoisotopic (exact) mass is 432 g/mol. The van der Waals surface area contributed by atoms with E-state index >= 15 is 0 Å². The second-order valence-electron chi connectivity index (χ2n) is 8.78. The maximum Gasteiger partial charge on any atom is 0.291 e. The predicted molar refractivity (Wildman–Crippen MR) is 119 cm³/mol.